The van der Waals surface area contributed by atoms with Crippen LogP contribution in [0.4, 0.5) is 5.69 Å². The third kappa shape index (κ3) is 5.08. The second-order valence-corrected chi connectivity index (χ2v) is 8.98. The van der Waals surface area contributed by atoms with Crippen molar-refractivity contribution in [2.45, 2.75) is 51.0 Å². The number of piperidine rings is 1. The quantitative estimate of drug-likeness (QED) is 0.568. The standard InChI is InChI=1S/C24H34N2O2S/c1-4-20(22-12-9-17-29-22)18-25-15-13-24(14-16-25,19-28-3)26(23(27)5-2)21-10-7-6-8-11-21/h6-12,17,20H,4-5,13-16,18-19H2,1-3H3. The smallest absolute Gasteiger partial charge is 0.227 e. The summed E-state index contributed by atoms with van der Waals surface area (Å²) in [5.74, 6) is 0.763. The van der Waals surface area contributed by atoms with Gasteiger partial charge in [0.05, 0.1) is 12.1 Å². The Kier molecular flexibility index (Phi) is 7.87. The minimum absolute atomic E-state index is 0.173. The number of hydrogen-bond donors (Lipinski definition) is 0. The van der Waals surface area contributed by atoms with Crippen molar-refractivity contribution in [2.75, 3.05) is 38.3 Å². The third-order valence-corrected chi connectivity index (χ3v) is 7.19. The summed E-state index contributed by atoms with van der Waals surface area (Å²) in [5, 5.41) is 2.17. The molecule has 1 saturated heterocycles. The van der Waals surface area contributed by atoms with Gasteiger partial charge in [-0.1, -0.05) is 38.1 Å². The maximum atomic E-state index is 13.0. The molecular weight excluding hydrogens is 380 g/mol. The van der Waals surface area contributed by atoms with Gasteiger partial charge in [-0.15, -0.1) is 11.3 Å². The highest BCUT2D eigenvalue weighted by Gasteiger charge is 2.43. The monoisotopic (exact) mass is 414 g/mol. The van der Waals surface area contributed by atoms with Crippen molar-refractivity contribution in [2.24, 2.45) is 0 Å². The lowest BCUT2D eigenvalue weighted by Gasteiger charge is -2.49. The number of methoxy groups -OCH3 is 1. The maximum Gasteiger partial charge on any atom is 0.227 e. The van der Waals surface area contributed by atoms with Gasteiger partial charge in [0.2, 0.25) is 5.91 Å². The number of carbonyl (C=O) groups is 1. The summed E-state index contributed by atoms with van der Waals surface area (Å²) in [7, 11) is 1.75. The van der Waals surface area contributed by atoms with E-state index in [2.05, 4.69) is 29.3 Å². The molecule has 1 aliphatic heterocycles. The van der Waals surface area contributed by atoms with Crippen LogP contribution in [0.2, 0.25) is 0 Å². The zero-order valence-electron chi connectivity index (χ0n) is 18.0. The molecule has 1 aromatic carbocycles. The van der Waals surface area contributed by atoms with E-state index in [-0.39, 0.29) is 11.4 Å². The molecule has 5 heteroatoms. The van der Waals surface area contributed by atoms with Gasteiger partial charge in [-0.3, -0.25) is 4.79 Å². The predicted molar refractivity (Wildman–Crippen MR) is 122 cm³/mol. The largest absolute Gasteiger partial charge is 0.382 e. The van der Waals surface area contributed by atoms with Gasteiger partial charge < -0.3 is 14.5 Å². The van der Waals surface area contributed by atoms with Gasteiger partial charge in [0.15, 0.2) is 0 Å². The molecule has 158 valence electrons. The number of rotatable bonds is 9. The second kappa shape index (κ2) is 10.4. The number of nitrogens with zero attached hydrogens (tertiary/aromatic N) is 2. The molecule has 29 heavy (non-hydrogen) atoms. The van der Waals surface area contributed by atoms with Gasteiger partial charge in [-0.2, -0.15) is 0 Å². The summed E-state index contributed by atoms with van der Waals surface area (Å²) in [4.78, 5) is 19.1. The van der Waals surface area contributed by atoms with Gasteiger partial charge >= 0.3 is 0 Å². The number of hydrogen-bond acceptors (Lipinski definition) is 4. The van der Waals surface area contributed by atoms with Crippen LogP contribution in [0.3, 0.4) is 0 Å². The molecule has 2 aromatic rings. The number of likely N-dealkylation sites (tertiary alicyclic amines) is 1. The van der Waals surface area contributed by atoms with E-state index >= 15 is 0 Å². The normalized spacial score (nSPS) is 17.8. The van der Waals surface area contributed by atoms with E-state index in [9.17, 15) is 4.79 Å². The Morgan fingerprint density at radius 3 is 2.45 bits per heavy atom. The van der Waals surface area contributed by atoms with Crippen LogP contribution in [0.1, 0.15) is 50.3 Å². The van der Waals surface area contributed by atoms with Crippen LogP contribution in [0.15, 0.2) is 47.8 Å². The Balaban J connectivity index is 1.77. The highest BCUT2D eigenvalue weighted by Crippen LogP contribution is 2.35. The fraction of sp³-hybridized carbons (Fsp3) is 0.542. The van der Waals surface area contributed by atoms with Crippen LogP contribution in [0, 0.1) is 0 Å². The molecule has 1 unspecified atom stereocenters. The van der Waals surface area contributed by atoms with Crippen LogP contribution >= 0.6 is 11.3 Å². The molecule has 0 aliphatic carbocycles. The summed E-state index contributed by atoms with van der Waals surface area (Å²) < 4.78 is 5.67. The molecule has 1 fully saturated rings. The Bertz CT molecular complexity index is 740. The maximum absolute atomic E-state index is 13.0. The van der Waals surface area contributed by atoms with Crippen molar-refractivity contribution in [3.8, 4) is 0 Å². The summed E-state index contributed by atoms with van der Waals surface area (Å²) >= 11 is 1.86. The Hall–Kier alpha value is -1.69. The molecule has 1 aromatic heterocycles. The summed E-state index contributed by atoms with van der Waals surface area (Å²) in [5.41, 5.74) is 0.708. The molecule has 0 saturated carbocycles. The van der Waals surface area contributed by atoms with Crippen molar-refractivity contribution in [3.05, 3.63) is 52.7 Å². The number of thiophene rings is 1. The van der Waals surface area contributed by atoms with E-state index in [0.29, 0.717) is 18.9 Å². The fourth-order valence-corrected chi connectivity index (χ4v) is 5.43. The third-order valence-electron chi connectivity index (χ3n) is 6.16. The zero-order valence-corrected chi connectivity index (χ0v) is 18.8. The summed E-state index contributed by atoms with van der Waals surface area (Å²) in [6.45, 7) is 7.87. The first-order chi connectivity index (χ1) is 14.1. The molecule has 1 amide bonds. The van der Waals surface area contributed by atoms with Crippen LogP contribution in [0.5, 0.6) is 0 Å². The van der Waals surface area contributed by atoms with Crippen molar-refractivity contribution in [3.63, 3.8) is 0 Å². The van der Waals surface area contributed by atoms with Gasteiger partial charge in [0, 0.05) is 49.6 Å². The number of para-hydroxylation sites is 1. The van der Waals surface area contributed by atoms with E-state index in [1.165, 1.54) is 4.88 Å². The lowest BCUT2D eigenvalue weighted by Crippen LogP contribution is -2.60. The van der Waals surface area contributed by atoms with Crippen molar-refractivity contribution < 1.29 is 9.53 Å². The highest BCUT2D eigenvalue weighted by atomic mass is 32.1. The first-order valence-corrected chi connectivity index (χ1v) is 11.6. The number of benzene rings is 1. The number of carbonyl (C=O) groups excluding carboxylic acids is 1. The predicted octanol–water partition coefficient (Wildman–Crippen LogP) is 5.17. The second-order valence-electron chi connectivity index (χ2n) is 8.00. The fourth-order valence-electron chi connectivity index (χ4n) is 4.53. The molecular formula is C24H34N2O2S. The van der Waals surface area contributed by atoms with Crippen LogP contribution in [0.25, 0.3) is 0 Å². The molecule has 3 rings (SSSR count). The molecule has 0 spiro atoms. The zero-order chi connectivity index (χ0) is 20.7. The van der Waals surface area contributed by atoms with E-state index in [1.54, 1.807) is 7.11 Å². The van der Waals surface area contributed by atoms with Crippen LogP contribution < -0.4 is 4.90 Å². The number of ether oxygens (including phenoxy) is 1. The van der Waals surface area contributed by atoms with Gasteiger partial charge in [-0.05, 0) is 42.8 Å². The Labute approximate surface area is 179 Å². The Morgan fingerprint density at radius 1 is 1.17 bits per heavy atom. The SMILES string of the molecule is CCC(=O)N(c1ccccc1)C1(COC)CCN(CC(CC)c2cccs2)CC1. The van der Waals surface area contributed by atoms with Crippen LogP contribution in [-0.4, -0.2) is 49.7 Å². The summed E-state index contributed by atoms with van der Waals surface area (Å²) in [6, 6.07) is 14.5. The molecule has 2 heterocycles. The molecule has 4 nitrogen and oxygen atoms in total. The first-order valence-electron chi connectivity index (χ1n) is 10.8. The highest BCUT2D eigenvalue weighted by molar-refractivity contribution is 7.10. The average molecular weight is 415 g/mol. The van der Waals surface area contributed by atoms with Gasteiger partial charge in [-0.25, -0.2) is 0 Å². The van der Waals surface area contributed by atoms with Crippen molar-refractivity contribution in [1.29, 1.82) is 0 Å². The van der Waals surface area contributed by atoms with E-state index in [1.807, 2.05) is 53.5 Å². The lowest BCUT2D eigenvalue weighted by molar-refractivity contribution is -0.120. The topological polar surface area (TPSA) is 32.8 Å². The molecule has 1 atom stereocenters. The van der Waals surface area contributed by atoms with Gasteiger partial charge in [0.1, 0.15) is 0 Å². The minimum atomic E-state index is -0.273. The Morgan fingerprint density at radius 2 is 1.90 bits per heavy atom. The van der Waals surface area contributed by atoms with E-state index in [4.69, 9.17) is 4.74 Å². The lowest BCUT2D eigenvalue weighted by atomic mass is 9.84. The van der Waals surface area contributed by atoms with E-state index in [0.717, 1.165) is 44.6 Å². The number of amides is 1. The van der Waals surface area contributed by atoms with Gasteiger partial charge in [0.25, 0.3) is 0 Å². The molecule has 1 aliphatic rings. The van der Waals surface area contributed by atoms with E-state index < -0.39 is 0 Å². The van der Waals surface area contributed by atoms with Crippen LogP contribution in [-0.2, 0) is 9.53 Å². The molecule has 0 N–H and O–H groups in total. The van der Waals surface area contributed by atoms with Crippen molar-refractivity contribution >= 4 is 22.9 Å². The summed E-state index contributed by atoms with van der Waals surface area (Å²) in [6.07, 6.45) is 3.52. The average Bonchev–Trinajstić information content (AvgIpc) is 3.29. The first kappa shape index (κ1) is 22.0. The minimum Gasteiger partial charge on any atom is -0.382 e. The molecule has 0 bridgehead atoms. The number of anilines is 1. The van der Waals surface area contributed by atoms with Crippen molar-refractivity contribution in [1.82, 2.24) is 4.90 Å². The molecule has 0 radical (unpaired) electrons.